The number of carbonyl (C=O) groups excluding carboxylic acids is 2. The zero-order valence-electron chi connectivity index (χ0n) is 13.6. The second kappa shape index (κ2) is 8.97. The number of thiophene rings is 1. The Morgan fingerprint density at radius 1 is 1.50 bits per heavy atom. The van der Waals surface area contributed by atoms with Crippen LogP contribution in [0.15, 0.2) is 36.4 Å². The molecular formula is C16H21N5O2S. The molecule has 0 saturated heterocycles. The summed E-state index contributed by atoms with van der Waals surface area (Å²) in [6.45, 7) is 6.40. The molecule has 0 bridgehead atoms. The van der Waals surface area contributed by atoms with Crippen molar-refractivity contribution in [3.8, 4) is 0 Å². The minimum Gasteiger partial charge on any atom is -0.354 e. The minimum absolute atomic E-state index is 0.0299. The summed E-state index contributed by atoms with van der Waals surface area (Å²) < 4.78 is 1.54. The van der Waals surface area contributed by atoms with Gasteiger partial charge in [-0.25, -0.2) is 4.68 Å². The van der Waals surface area contributed by atoms with Gasteiger partial charge in [0.2, 0.25) is 5.91 Å². The highest BCUT2D eigenvalue weighted by atomic mass is 32.1. The molecule has 0 saturated carbocycles. The zero-order chi connectivity index (χ0) is 17.4. The van der Waals surface area contributed by atoms with Gasteiger partial charge in [0.15, 0.2) is 5.69 Å². The summed E-state index contributed by atoms with van der Waals surface area (Å²) >= 11 is 1.59. The number of nitrogens with one attached hydrogen (secondary N) is 2. The summed E-state index contributed by atoms with van der Waals surface area (Å²) in [5.41, 5.74) is 0.261. The number of nitrogens with zero attached hydrogens (tertiary/aromatic N) is 3. The lowest BCUT2D eigenvalue weighted by Gasteiger charge is -2.10. The fraction of sp³-hybridized carbons (Fsp3) is 0.375. The van der Waals surface area contributed by atoms with Gasteiger partial charge in [0.1, 0.15) is 0 Å². The van der Waals surface area contributed by atoms with Gasteiger partial charge in [0, 0.05) is 17.8 Å². The summed E-state index contributed by atoms with van der Waals surface area (Å²) in [4.78, 5) is 24.7. The van der Waals surface area contributed by atoms with Crippen molar-refractivity contribution >= 4 is 23.2 Å². The van der Waals surface area contributed by atoms with Gasteiger partial charge in [0.25, 0.3) is 5.91 Å². The van der Waals surface area contributed by atoms with Crippen LogP contribution in [0, 0.1) is 0 Å². The van der Waals surface area contributed by atoms with Crippen molar-refractivity contribution in [2.24, 2.45) is 0 Å². The molecule has 0 spiro atoms. The largest absolute Gasteiger partial charge is 0.354 e. The van der Waals surface area contributed by atoms with E-state index in [-0.39, 0.29) is 23.6 Å². The van der Waals surface area contributed by atoms with Crippen LogP contribution in [0.25, 0.3) is 0 Å². The Hall–Kier alpha value is -2.48. The molecule has 1 atom stereocenters. The van der Waals surface area contributed by atoms with E-state index in [9.17, 15) is 9.59 Å². The SMILES string of the molecule is C=CCCC(=O)NCCn1cc(C(=O)NC(C)c2cccs2)nn1. The summed E-state index contributed by atoms with van der Waals surface area (Å²) in [6, 6.07) is 3.84. The molecule has 24 heavy (non-hydrogen) atoms. The quantitative estimate of drug-likeness (QED) is 0.678. The van der Waals surface area contributed by atoms with Gasteiger partial charge in [0.05, 0.1) is 18.8 Å². The molecule has 7 nitrogen and oxygen atoms in total. The number of hydrogen-bond donors (Lipinski definition) is 2. The van der Waals surface area contributed by atoms with E-state index in [1.165, 1.54) is 0 Å². The van der Waals surface area contributed by atoms with Crippen molar-refractivity contribution in [2.75, 3.05) is 6.54 Å². The highest BCUT2D eigenvalue weighted by Gasteiger charge is 2.15. The molecule has 0 aliphatic rings. The van der Waals surface area contributed by atoms with Crippen molar-refractivity contribution in [1.29, 1.82) is 0 Å². The van der Waals surface area contributed by atoms with Crippen LogP contribution in [0.4, 0.5) is 0 Å². The molecule has 2 rings (SSSR count). The fourth-order valence-corrected chi connectivity index (χ4v) is 2.76. The molecule has 0 aliphatic heterocycles. The van der Waals surface area contributed by atoms with Crippen molar-refractivity contribution < 1.29 is 9.59 Å². The van der Waals surface area contributed by atoms with E-state index >= 15 is 0 Å². The molecule has 2 aromatic heterocycles. The van der Waals surface area contributed by atoms with Crippen LogP contribution in [0.2, 0.25) is 0 Å². The van der Waals surface area contributed by atoms with Gasteiger partial charge in [-0.15, -0.1) is 23.0 Å². The van der Waals surface area contributed by atoms with Gasteiger partial charge in [-0.05, 0) is 24.8 Å². The smallest absolute Gasteiger partial charge is 0.273 e. The monoisotopic (exact) mass is 347 g/mol. The molecule has 128 valence electrons. The van der Waals surface area contributed by atoms with E-state index in [1.807, 2.05) is 24.4 Å². The first-order valence-electron chi connectivity index (χ1n) is 7.72. The summed E-state index contributed by atoms with van der Waals surface area (Å²) in [5.74, 6) is -0.296. The molecule has 0 aromatic carbocycles. The first kappa shape index (κ1) is 17.9. The van der Waals surface area contributed by atoms with Crippen molar-refractivity contribution in [3.63, 3.8) is 0 Å². The lowest BCUT2D eigenvalue weighted by molar-refractivity contribution is -0.121. The maximum absolute atomic E-state index is 12.2. The number of carbonyl (C=O) groups is 2. The molecule has 0 aliphatic carbocycles. The van der Waals surface area contributed by atoms with Crippen LogP contribution >= 0.6 is 11.3 Å². The predicted octanol–water partition coefficient (Wildman–Crippen LogP) is 1.91. The van der Waals surface area contributed by atoms with E-state index in [2.05, 4.69) is 27.5 Å². The number of rotatable bonds is 9. The van der Waals surface area contributed by atoms with E-state index < -0.39 is 0 Å². The maximum Gasteiger partial charge on any atom is 0.273 e. The molecular weight excluding hydrogens is 326 g/mol. The Kier molecular flexibility index (Phi) is 6.68. The lowest BCUT2D eigenvalue weighted by Crippen LogP contribution is -2.27. The fourth-order valence-electron chi connectivity index (χ4n) is 2.02. The van der Waals surface area contributed by atoms with Crippen molar-refractivity contribution in [2.45, 2.75) is 32.4 Å². The Morgan fingerprint density at radius 3 is 3.04 bits per heavy atom. The van der Waals surface area contributed by atoms with Crippen LogP contribution < -0.4 is 10.6 Å². The van der Waals surface area contributed by atoms with Crippen molar-refractivity contribution in [3.05, 3.63) is 46.9 Å². The highest BCUT2D eigenvalue weighted by molar-refractivity contribution is 7.10. The average Bonchev–Trinajstić information content (AvgIpc) is 3.24. The number of hydrogen-bond acceptors (Lipinski definition) is 5. The van der Waals surface area contributed by atoms with Gasteiger partial charge in [-0.3, -0.25) is 9.59 Å². The second-order valence-corrected chi connectivity index (χ2v) is 6.23. The molecule has 2 aromatic rings. The first-order valence-corrected chi connectivity index (χ1v) is 8.60. The second-order valence-electron chi connectivity index (χ2n) is 5.25. The van der Waals surface area contributed by atoms with Gasteiger partial charge in [-0.2, -0.15) is 0 Å². The number of amides is 2. The number of aromatic nitrogens is 3. The Morgan fingerprint density at radius 2 is 2.33 bits per heavy atom. The molecule has 0 fully saturated rings. The van der Waals surface area contributed by atoms with E-state index in [1.54, 1.807) is 28.3 Å². The highest BCUT2D eigenvalue weighted by Crippen LogP contribution is 2.18. The molecule has 1 unspecified atom stereocenters. The molecule has 8 heteroatoms. The zero-order valence-corrected chi connectivity index (χ0v) is 14.4. The van der Waals surface area contributed by atoms with Gasteiger partial charge < -0.3 is 10.6 Å². The van der Waals surface area contributed by atoms with Crippen LogP contribution in [0.3, 0.4) is 0 Å². The van der Waals surface area contributed by atoms with Gasteiger partial charge in [-0.1, -0.05) is 17.4 Å². The topological polar surface area (TPSA) is 88.9 Å². The standard InChI is InChI=1S/C16H21N5O2S/c1-3-4-7-15(22)17-8-9-21-11-13(19-20-21)16(23)18-12(2)14-6-5-10-24-14/h3,5-6,10-12H,1,4,7-9H2,2H3,(H,17,22)(H,18,23). The van der Waals surface area contributed by atoms with Crippen LogP contribution in [-0.4, -0.2) is 33.4 Å². The normalized spacial score (nSPS) is 11.7. The average molecular weight is 347 g/mol. The Bertz CT molecular complexity index is 680. The number of allylic oxidation sites excluding steroid dienone is 1. The summed E-state index contributed by atoms with van der Waals surface area (Å²) in [5, 5.41) is 15.4. The minimum atomic E-state index is -0.267. The third-order valence-corrected chi connectivity index (χ3v) is 4.38. The third kappa shape index (κ3) is 5.31. The third-order valence-electron chi connectivity index (χ3n) is 3.33. The van der Waals surface area contributed by atoms with E-state index in [0.29, 0.717) is 25.9 Å². The molecule has 2 heterocycles. The first-order chi connectivity index (χ1) is 11.6. The Labute approximate surface area is 144 Å². The van der Waals surface area contributed by atoms with E-state index in [0.717, 1.165) is 4.88 Å². The molecule has 2 amide bonds. The molecule has 2 N–H and O–H groups in total. The van der Waals surface area contributed by atoms with Crippen LogP contribution in [0.5, 0.6) is 0 Å². The summed E-state index contributed by atoms with van der Waals surface area (Å²) in [7, 11) is 0. The maximum atomic E-state index is 12.2. The lowest BCUT2D eigenvalue weighted by atomic mass is 10.2. The van der Waals surface area contributed by atoms with Crippen LogP contribution in [-0.2, 0) is 11.3 Å². The predicted molar refractivity (Wildman–Crippen MR) is 92.7 cm³/mol. The van der Waals surface area contributed by atoms with Crippen LogP contribution in [0.1, 0.15) is 41.2 Å². The van der Waals surface area contributed by atoms with Gasteiger partial charge >= 0.3 is 0 Å². The van der Waals surface area contributed by atoms with E-state index in [4.69, 9.17) is 0 Å². The Balaban J connectivity index is 1.78. The van der Waals surface area contributed by atoms with Crippen molar-refractivity contribution in [1.82, 2.24) is 25.6 Å². The summed E-state index contributed by atoms with van der Waals surface area (Å²) in [6.07, 6.45) is 4.36. The molecule has 0 radical (unpaired) electrons.